The van der Waals surface area contributed by atoms with Gasteiger partial charge < -0.3 is 14.8 Å². The van der Waals surface area contributed by atoms with Gasteiger partial charge in [0.2, 0.25) is 10.0 Å². The number of nitrogens with one attached hydrogen (secondary N) is 2. The minimum absolute atomic E-state index is 0.0747. The Labute approximate surface area is 185 Å². The predicted molar refractivity (Wildman–Crippen MR) is 129 cm³/mol. The second kappa shape index (κ2) is 9.32. The zero-order valence-electron chi connectivity index (χ0n) is 18.3. The number of fused-ring (bicyclic) bond motifs is 1. The van der Waals surface area contributed by atoms with Crippen molar-refractivity contribution in [2.45, 2.75) is 45.3 Å². The molecular formula is C24H32N4O2S. The molecular weight excluding hydrogens is 408 g/mol. The zero-order chi connectivity index (χ0) is 21.8. The van der Waals surface area contributed by atoms with Gasteiger partial charge in [-0.05, 0) is 62.4 Å². The van der Waals surface area contributed by atoms with Gasteiger partial charge in [-0.2, -0.15) is 0 Å². The highest BCUT2D eigenvalue weighted by atomic mass is 32.2. The first kappa shape index (κ1) is 21.7. The van der Waals surface area contributed by atoms with Crippen molar-refractivity contribution in [1.29, 1.82) is 0 Å². The molecule has 0 aliphatic carbocycles. The molecule has 0 saturated carbocycles. The first-order chi connectivity index (χ1) is 14.9. The number of para-hydroxylation sites is 1. The molecule has 1 fully saturated rings. The van der Waals surface area contributed by atoms with E-state index in [1.807, 2.05) is 12.1 Å². The Morgan fingerprint density at radius 1 is 1.06 bits per heavy atom. The third-order valence-corrected chi connectivity index (χ3v) is 7.34. The Bertz CT molecular complexity index is 1120. The van der Waals surface area contributed by atoms with E-state index in [0.717, 1.165) is 38.2 Å². The smallest absolute Gasteiger partial charge is 0.232 e. The quantitative estimate of drug-likeness (QED) is 0.555. The van der Waals surface area contributed by atoms with Crippen LogP contribution in [0.2, 0.25) is 0 Å². The number of hydrogen-bond acceptors (Lipinski definition) is 4. The normalized spacial score (nSPS) is 16.5. The Morgan fingerprint density at radius 3 is 2.61 bits per heavy atom. The monoisotopic (exact) mass is 440 g/mol. The summed E-state index contributed by atoms with van der Waals surface area (Å²) in [7, 11) is -3.26. The van der Waals surface area contributed by atoms with Crippen LogP contribution in [0.4, 0.5) is 11.4 Å². The van der Waals surface area contributed by atoms with E-state index in [9.17, 15) is 8.42 Å². The van der Waals surface area contributed by atoms with Gasteiger partial charge in [-0.1, -0.05) is 24.3 Å². The first-order valence-corrected chi connectivity index (χ1v) is 12.7. The second-order valence-electron chi connectivity index (χ2n) is 8.41. The summed E-state index contributed by atoms with van der Waals surface area (Å²) in [4.78, 5) is 2.34. The predicted octanol–water partition coefficient (Wildman–Crippen LogP) is 4.05. The van der Waals surface area contributed by atoms with Crippen LogP contribution >= 0.6 is 0 Å². The van der Waals surface area contributed by atoms with Gasteiger partial charge >= 0.3 is 0 Å². The lowest BCUT2D eigenvalue weighted by Gasteiger charge is -2.35. The average molecular weight is 441 g/mol. The van der Waals surface area contributed by atoms with Crippen molar-refractivity contribution >= 4 is 32.3 Å². The Morgan fingerprint density at radius 2 is 1.84 bits per heavy atom. The highest BCUT2D eigenvalue weighted by molar-refractivity contribution is 7.92. The van der Waals surface area contributed by atoms with Crippen molar-refractivity contribution in [1.82, 2.24) is 9.88 Å². The van der Waals surface area contributed by atoms with E-state index in [2.05, 4.69) is 69.0 Å². The fourth-order valence-corrected chi connectivity index (χ4v) is 5.00. The number of aromatic nitrogens is 1. The van der Waals surface area contributed by atoms with Gasteiger partial charge in [0.25, 0.3) is 0 Å². The van der Waals surface area contributed by atoms with Crippen LogP contribution in [-0.2, 0) is 16.6 Å². The molecule has 0 bridgehead atoms. The maximum Gasteiger partial charge on any atom is 0.232 e. The summed E-state index contributed by atoms with van der Waals surface area (Å²) in [6.07, 6.45) is 4.31. The summed E-state index contributed by atoms with van der Waals surface area (Å²) in [6, 6.07) is 19.3. The van der Waals surface area contributed by atoms with Gasteiger partial charge in [0, 0.05) is 49.1 Å². The molecule has 1 aliphatic heterocycles. The molecule has 1 atom stereocenters. The van der Waals surface area contributed by atoms with Crippen LogP contribution in [0.5, 0.6) is 0 Å². The zero-order valence-corrected chi connectivity index (χ0v) is 19.1. The van der Waals surface area contributed by atoms with E-state index < -0.39 is 10.0 Å². The molecule has 0 radical (unpaired) electrons. The molecule has 2 N–H and O–H groups in total. The molecule has 4 rings (SSSR count). The molecule has 0 spiro atoms. The molecule has 31 heavy (non-hydrogen) atoms. The van der Waals surface area contributed by atoms with E-state index in [4.69, 9.17) is 0 Å². The van der Waals surface area contributed by atoms with Crippen LogP contribution < -0.4 is 14.9 Å². The maximum atomic E-state index is 11.9. The highest BCUT2D eigenvalue weighted by Gasteiger charge is 2.21. The summed E-state index contributed by atoms with van der Waals surface area (Å²) in [6.45, 7) is 6.77. The lowest BCUT2D eigenvalue weighted by molar-refractivity contribution is 0.357. The van der Waals surface area contributed by atoms with Gasteiger partial charge in [-0.15, -0.1) is 0 Å². The molecule has 3 aromatic rings. The average Bonchev–Trinajstić information content (AvgIpc) is 3.17. The fraction of sp³-hybridized carbons (Fsp3) is 0.417. The summed E-state index contributed by atoms with van der Waals surface area (Å²) in [5.74, 6) is 0.0747. The number of nitrogens with zero attached hydrogens (tertiary/aromatic N) is 2. The molecule has 1 aliphatic rings. The topological polar surface area (TPSA) is 66.4 Å². The van der Waals surface area contributed by atoms with Crippen LogP contribution in [0.3, 0.4) is 0 Å². The SMILES string of the molecule is CCS(=O)(=O)Nc1cccc(N2CCC(NC(C)Cn3ccc4ccccc43)CC2)c1. The van der Waals surface area contributed by atoms with Crippen LogP contribution in [0, 0.1) is 0 Å². The number of anilines is 2. The lowest BCUT2D eigenvalue weighted by Crippen LogP contribution is -2.46. The highest BCUT2D eigenvalue weighted by Crippen LogP contribution is 2.24. The second-order valence-corrected chi connectivity index (χ2v) is 10.4. The Kier molecular flexibility index (Phi) is 6.53. The molecule has 1 aromatic heterocycles. The van der Waals surface area contributed by atoms with Crippen LogP contribution in [0.15, 0.2) is 60.8 Å². The minimum atomic E-state index is -3.26. The van der Waals surface area contributed by atoms with Gasteiger partial charge in [-0.3, -0.25) is 4.72 Å². The van der Waals surface area contributed by atoms with Crippen molar-refractivity contribution in [3.63, 3.8) is 0 Å². The third kappa shape index (κ3) is 5.40. The van der Waals surface area contributed by atoms with Gasteiger partial charge in [0.05, 0.1) is 11.4 Å². The third-order valence-electron chi connectivity index (χ3n) is 6.03. The van der Waals surface area contributed by atoms with Crippen LogP contribution in [0.25, 0.3) is 10.9 Å². The van der Waals surface area contributed by atoms with E-state index >= 15 is 0 Å². The molecule has 166 valence electrons. The summed E-state index contributed by atoms with van der Waals surface area (Å²) >= 11 is 0. The van der Waals surface area contributed by atoms with E-state index in [1.54, 1.807) is 13.0 Å². The maximum absolute atomic E-state index is 11.9. The summed E-state index contributed by atoms with van der Waals surface area (Å²) in [5.41, 5.74) is 2.98. The van der Waals surface area contributed by atoms with Crippen LogP contribution in [0.1, 0.15) is 26.7 Å². The van der Waals surface area contributed by atoms with E-state index in [1.165, 1.54) is 10.9 Å². The van der Waals surface area contributed by atoms with E-state index in [-0.39, 0.29) is 5.75 Å². The Hall–Kier alpha value is -2.51. The van der Waals surface area contributed by atoms with Crippen molar-refractivity contribution in [2.24, 2.45) is 0 Å². The standard InChI is InChI=1S/C24H32N4O2S/c1-3-31(29,30)26-22-8-6-9-23(17-22)27-15-12-21(13-16-27)25-19(2)18-28-14-11-20-7-4-5-10-24(20)28/h4-11,14,17,19,21,25-26H,3,12-13,15-16,18H2,1-2H3. The lowest BCUT2D eigenvalue weighted by atomic mass is 10.0. The molecule has 1 unspecified atom stereocenters. The summed E-state index contributed by atoms with van der Waals surface area (Å²) in [5, 5.41) is 5.09. The minimum Gasteiger partial charge on any atom is -0.371 e. The molecule has 2 heterocycles. The molecule has 0 amide bonds. The van der Waals surface area contributed by atoms with Crippen molar-refractivity contribution in [2.75, 3.05) is 28.5 Å². The number of hydrogen-bond donors (Lipinski definition) is 2. The van der Waals surface area contributed by atoms with Gasteiger partial charge in [-0.25, -0.2) is 8.42 Å². The molecule has 7 heteroatoms. The largest absolute Gasteiger partial charge is 0.371 e. The fourth-order valence-electron chi connectivity index (χ4n) is 4.37. The van der Waals surface area contributed by atoms with Crippen molar-refractivity contribution < 1.29 is 8.42 Å². The van der Waals surface area contributed by atoms with Crippen molar-refractivity contribution in [3.8, 4) is 0 Å². The Balaban J connectivity index is 1.30. The number of rotatable bonds is 8. The van der Waals surface area contributed by atoms with Gasteiger partial charge in [0.1, 0.15) is 0 Å². The van der Waals surface area contributed by atoms with Crippen LogP contribution in [-0.4, -0.2) is 43.9 Å². The molecule has 6 nitrogen and oxygen atoms in total. The molecule has 1 saturated heterocycles. The number of benzene rings is 2. The van der Waals surface area contributed by atoms with E-state index in [0.29, 0.717) is 17.8 Å². The number of piperidine rings is 1. The first-order valence-electron chi connectivity index (χ1n) is 11.1. The number of sulfonamides is 1. The molecule has 2 aromatic carbocycles. The van der Waals surface area contributed by atoms with Gasteiger partial charge in [0.15, 0.2) is 0 Å². The van der Waals surface area contributed by atoms with Crippen molar-refractivity contribution in [3.05, 3.63) is 60.8 Å². The summed E-state index contributed by atoms with van der Waals surface area (Å²) < 4.78 is 28.7.